The molecule has 0 fully saturated rings. The standard InChI is InChI=1S/C8H10O4/c1-8(2)3-4(6(9)10)5(8)7(11)12/h3,5H,1-2H3,(H,9,10)(H,11,12). The van der Waals surface area contributed by atoms with Gasteiger partial charge >= 0.3 is 11.9 Å². The third-order valence-electron chi connectivity index (χ3n) is 2.08. The van der Waals surface area contributed by atoms with E-state index in [0.29, 0.717) is 0 Å². The molecule has 1 atom stereocenters. The maximum atomic E-state index is 10.6. The Hall–Kier alpha value is -1.32. The largest absolute Gasteiger partial charge is 0.481 e. The van der Waals surface area contributed by atoms with Crippen molar-refractivity contribution in [2.24, 2.45) is 11.3 Å². The average Bonchev–Trinajstić information content (AvgIpc) is 1.81. The summed E-state index contributed by atoms with van der Waals surface area (Å²) in [6, 6.07) is 0. The second-order valence-electron chi connectivity index (χ2n) is 3.50. The number of carbonyl (C=O) groups is 2. The summed E-state index contributed by atoms with van der Waals surface area (Å²) in [5.74, 6) is -3.07. The lowest BCUT2D eigenvalue weighted by Crippen LogP contribution is -2.41. The number of hydrogen-bond donors (Lipinski definition) is 2. The number of carboxylic acid groups (broad SMARTS) is 2. The van der Waals surface area contributed by atoms with Gasteiger partial charge in [-0.3, -0.25) is 4.79 Å². The fourth-order valence-corrected chi connectivity index (χ4v) is 1.51. The van der Waals surface area contributed by atoms with Crippen LogP contribution in [0.5, 0.6) is 0 Å². The van der Waals surface area contributed by atoms with Crippen molar-refractivity contribution in [3.63, 3.8) is 0 Å². The highest BCUT2D eigenvalue weighted by molar-refractivity contribution is 5.97. The topological polar surface area (TPSA) is 74.6 Å². The van der Waals surface area contributed by atoms with Gasteiger partial charge in [0.1, 0.15) is 0 Å². The number of aliphatic carboxylic acids is 2. The molecule has 1 aliphatic carbocycles. The molecule has 1 rings (SSSR count). The van der Waals surface area contributed by atoms with Crippen molar-refractivity contribution < 1.29 is 19.8 Å². The Morgan fingerprint density at radius 1 is 1.42 bits per heavy atom. The van der Waals surface area contributed by atoms with E-state index >= 15 is 0 Å². The Labute approximate surface area is 69.5 Å². The summed E-state index contributed by atoms with van der Waals surface area (Å²) in [6.07, 6.45) is 1.48. The summed E-state index contributed by atoms with van der Waals surface area (Å²) >= 11 is 0. The van der Waals surface area contributed by atoms with Crippen molar-refractivity contribution in [2.45, 2.75) is 13.8 Å². The highest BCUT2D eigenvalue weighted by Crippen LogP contribution is 2.44. The van der Waals surface area contributed by atoms with E-state index < -0.39 is 23.3 Å². The highest BCUT2D eigenvalue weighted by Gasteiger charge is 2.47. The normalized spacial score (nSPS) is 25.5. The molecule has 12 heavy (non-hydrogen) atoms. The maximum absolute atomic E-state index is 10.6. The molecule has 0 saturated heterocycles. The molecule has 1 unspecified atom stereocenters. The Balaban J connectivity index is 2.96. The van der Waals surface area contributed by atoms with Gasteiger partial charge in [-0.25, -0.2) is 4.79 Å². The average molecular weight is 170 g/mol. The zero-order valence-corrected chi connectivity index (χ0v) is 6.87. The Bertz CT molecular complexity index is 275. The van der Waals surface area contributed by atoms with Gasteiger partial charge in [-0.05, 0) is 0 Å². The molecule has 0 heterocycles. The van der Waals surface area contributed by atoms with Crippen LogP contribution < -0.4 is 0 Å². The number of rotatable bonds is 2. The summed E-state index contributed by atoms with van der Waals surface area (Å²) in [6.45, 7) is 3.41. The van der Waals surface area contributed by atoms with Gasteiger partial charge in [-0.2, -0.15) is 0 Å². The van der Waals surface area contributed by atoms with Crippen LogP contribution in [0.15, 0.2) is 11.6 Å². The smallest absolute Gasteiger partial charge is 0.332 e. The van der Waals surface area contributed by atoms with E-state index in [-0.39, 0.29) is 5.57 Å². The summed E-state index contributed by atoms with van der Waals surface area (Å²) in [5.41, 5.74) is -0.535. The summed E-state index contributed by atoms with van der Waals surface area (Å²) in [5, 5.41) is 17.2. The van der Waals surface area contributed by atoms with Gasteiger partial charge in [0.15, 0.2) is 0 Å². The Kier molecular flexibility index (Phi) is 1.71. The minimum Gasteiger partial charge on any atom is -0.481 e. The second-order valence-corrected chi connectivity index (χ2v) is 3.50. The molecule has 0 aromatic rings. The van der Waals surface area contributed by atoms with Gasteiger partial charge in [0, 0.05) is 11.0 Å². The molecule has 4 nitrogen and oxygen atoms in total. The number of hydrogen-bond acceptors (Lipinski definition) is 2. The van der Waals surface area contributed by atoms with Gasteiger partial charge in [0.05, 0.1) is 5.92 Å². The van der Waals surface area contributed by atoms with Crippen LogP contribution >= 0.6 is 0 Å². The van der Waals surface area contributed by atoms with Gasteiger partial charge < -0.3 is 10.2 Å². The summed E-state index contributed by atoms with van der Waals surface area (Å²) < 4.78 is 0. The van der Waals surface area contributed by atoms with Gasteiger partial charge in [-0.15, -0.1) is 0 Å². The lowest BCUT2D eigenvalue weighted by Gasteiger charge is -2.37. The van der Waals surface area contributed by atoms with Gasteiger partial charge in [0.2, 0.25) is 0 Å². The Morgan fingerprint density at radius 3 is 2.08 bits per heavy atom. The predicted octanol–water partition coefficient (Wildman–Crippen LogP) is 0.738. The van der Waals surface area contributed by atoms with Crippen LogP contribution in [0.3, 0.4) is 0 Å². The molecular formula is C8H10O4. The molecule has 1 aliphatic rings. The minimum absolute atomic E-state index is 0.00694. The van der Waals surface area contributed by atoms with Crippen LogP contribution in [-0.4, -0.2) is 22.2 Å². The summed E-state index contributed by atoms with van der Waals surface area (Å²) in [4.78, 5) is 21.1. The lowest BCUT2D eigenvalue weighted by atomic mass is 9.64. The molecule has 0 aromatic heterocycles. The van der Waals surface area contributed by atoms with E-state index in [4.69, 9.17) is 10.2 Å². The van der Waals surface area contributed by atoms with E-state index in [2.05, 4.69) is 0 Å². The second kappa shape index (κ2) is 2.33. The number of allylic oxidation sites excluding steroid dienone is 1. The SMILES string of the molecule is CC1(C)C=C(C(=O)O)C1C(=O)O. The Morgan fingerprint density at radius 2 is 1.92 bits per heavy atom. The van der Waals surface area contributed by atoms with E-state index in [1.54, 1.807) is 13.8 Å². The third-order valence-corrected chi connectivity index (χ3v) is 2.08. The van der Waals surface area contributed by atoms with Crippen LogP contribution in [0.2, 0.25) is 0 Å². The van der Waals surface area contributed by atoms with E-state index in [9.17, 15) is 9.59 Å². The van der Waals surface area contributed by atoms with Crippen LogP contribution in [0.1, 0.15) is 13.8 Å². The van der Waals surface area contributed by atoms with Crippen molar-refractivity contribution in [2.75, 3.05) is 0 Å². The van der Waals surface area contributed by atoms with Crippen LogP contribution in [0, 0.1) is 11.3 Å². The molecule has 0 spiro atoms. The monoisotopic (exact) mass is 170 g/mol. The molecule has 66 valence electrons. The number of carboxylic acids is 2. The molecule has 4 heteroatoms. The maximum Gasteiger partial charge on any atom is 0.332 e. The van der Waals surface area contributed by atoms with Crippen molar-refractivity contribution in [3.05, 3.63) is 11.6 Å². The first-order chi connectivity index (χ1) is 5.36. The fourth-order valence-electron chi connectivity index (χ4n) is 1.51. The molecular weight excluding hydrogens is 160 g/mol. The first kappa shape index (κ1) is 8.77. The molecule has 2 N–H and O–H groups in total. The minimum atomic E-state index is -1.14. The van der Waals surface area contributed by atoms with Crippen molar-refractivity contribution >= 4 is 11.9 Å². The van der Waals surface area contributed by atoms with Gasteiger partial charge in [0.25, 0.3) is 0 Å². The summed E-state index contributed by atoms with van der Waals surface area (Å²) in [7, 11) is 0. The molecule has 0 saturated carbocycles. The predicted molar refractivity (Wildman–Crippen MR) is 40.6 cm³/mol. The van der Waals surface area contributed by atoms with E-state index in [0.717, 1.165) is 0 Å². The highest BCUT2D eigenvalue weighted by atomic mass is 16.4. The van der Waals surface area contributed by atoms with Crippen molar-refractivity contribution in [1.82, 2.24) is 0 Å². The first-order valence-corrected chi connectivity index (χ1v) is 3.55. The van der Waals surface area contributed by atoms with Crippen LogP contribution in [-0.2, 0) is 9.59 Å². The first-order valence-electron chi connectivity index (χ1n) is 3.55. The quantitative estimate of drug-likeness (QED) is 0.640. The zero-order valence-electron chi connectivity index (χ0n) is 6.87. The fraction of sp³-hybridized carbons (Fsp3) is 0.500. The van der Waals surface area contributed by atoms with E-state index in [1.165, 1.54) is 6.08 Å². The lowest BCUT2D eigenvalue weighted by molar-refractivity contribution is -0.148. The van der Waals surface area contributed by atoms with Crippen LogP contribution in [0.25, 0.3) is 0 Å². The van der Waals surface area contributed by atoms with Crippen LogP contribution in [0.4, 0.5) is 0 Å². The van der Waals surface area contributed by atoms with E-state index in [1.807, 2.05) is 0 Å². The van der Waals surface area contributed by atoms with Crippen molar-refractivity contribution in [3.8, 4) is 0 Å². The molecule has 0 amide bonds. The molecule has 0 bridgehead atoms. The van der Waals surface area contributed by atoms with Gasteiger partial charge in [-0.1, -0.05) is 19.9 Å². The third kappa shape index (κ3) is 1.09. The molecule has 0 radical (unpaired) electrons. The molecule has 0 aromatic carbocycles. The van der Waals surface area contributed by atoms with Crippen molar-refractivity contribution in [1.29, 1.82) is 0 Å². The molecule has 0 aliphatic heterocycles. The zero-order chi connectivity index (χ0) is 9.52.